The third-order valence-corrected chi connectivity index (χ3v) is 2.15. The van der Waals surface area contributed by atoms with E-state index in [2.05, 4.69) is 16.9 Å². The number of hydrogen-bond donors (Lipinski definition) is 1. The van der Waals surface area contributed by atoms with Gasteiger partial charge in [0.2, 0.25) is 0 Å². The van der Waals surface area contributed by atoms with Gasteiger partial charge in [-0.15, -0.1) is 12.4 Å². The number of imidazole rings is 1. The third kappa shape index (κ3) is 2.42. The van der Waals surface area contributed by atoms with Crippen molar-refractivity contribution in [2.75, 3.05) is 6.61 Å². The second kappa shape index (κ2) is 5.03. The summed E-state index contributed by atoms with van der Waals surface area (Å²) < 4.78 is 5.41. The summed E-state index contributed by atoms with van der Waals surface area (Å²) in [5.74, 6) is 1.92. The summed E-state index contributed by atoms with van der Waals surface area (Å²) in [6, 6.07) is 5.92. The summed E-state index contributed by atoms with van der Waals surface area (Å²) in [4.78, 5) is 7.67. The molecule has 3 nitrogen and oxygen atoms in total. The zero-order chi connectivity index (χ0) is 9.97. The number of H-pyrrole nitrogens is 1. The SMILES string of the molecule is CCOc1ccc2nc(CC)[nH]c2c1.Cl. The van der Waals surface area contributed by atoms with Crippen molar-refractivity contribution < 1.29 is 4.74 Å². The molecule has 1 aromatic carbocycles. The van der Waals surface area contributed by atoms with Gasteiger partial charge in [0, 0.05) is 12.5 Å². The molecule has 2 aromatic rings. The van der Waals surface area contributed by atoms with Gasteiger partial charge in [-0.3, -0.25) is 0 Å². The number of nitrogens with one attached hydrogen (secondary N) is 1. The molecule has 1 N–H and O–H groups in total. The molecule has 2 rings (SSSR count). The molecule has 0 atom stereocenters. The molecule has 0 spiro atoms. The lowest BCUT2D eigenvalue weighted by Gasteiger charge is -2.00. The van der Waals surface area contributed by atoms with Crippen LogP contribution in [-0.2, 0) is 6.42 Å². The minimum absolute atomic E-state index is 0. The van der Waals surface area contributed by atoms with Crippen LogP contribution in [0.1, 0.15) is 19.7 Å². The van der Waals surface area contributed by atoms with Crippen molar-refractivity contribution in [3.63, 3.8) is 0 Å². The Balaban J connectivity index is 0.00000112. The smallest absolute Gasteiger partial charge is 0.121 e. The first-order valence-corrected chi connectivity index (χ1v) is 4.95. The second-order valence-corrected chi connectivity index (χ2v) is 3.15. The van der Waals surface area contributed by atoms with Crippen LogP contribution in [-0.4, -0.2) is 16.6 Å². The highest BCUT2D eigenvalue weighted by Crippen LogP contribution is 2.19. The van der Waals surface area contributed by atoms with Crippen molar-refractivity contribution in [1.29, 1.82) is 0 Å². The van der Waals surface area contributed by atoms with Crippen molar-refractivity contribution in [3.05, 3.63) is 24.0 Å². The van der Waals surface area contributed by atoms with E-state index in [1.807, 2.05) is 25.1 Å². The second-order valence-electron chi connectivity index (χ2n) is 3.15. The van der Waals surface area contributed by atoms with Gasteiger partial charge in [0.05, 0.1) is 17.6 Å². The lowest BCUT2D eigenvalue weighted by molar-refractivity contribution is 0.340. The van der Waals surface area contributed by atoms with Gasteiger partial charge in [-0.1, -0.05) is 6.92 Å². The highest BCUT2D eigenvalue weighted by atomic mass is 35.5. The molecule has 0 bridgehead atoms. The van der Waals surface area contributed by atoms with E-state index in [4.69, 9.17) is 4.74 Å². The number of aryl methyl sites for hydroxylation is 1. The van der Waals surface area contributed by atoms with E-state index in [9.17, 15) is 0 Å². The standard InChI is InChI=1S/C11H14N2O.ClH/c1-3-11-12-9-6-5-8(14-4-2)7-10(9)13-11;/h5-7H,3-4H2,1-2H3,(H,12,13);1H. The van der Waals surface area contributed by atoms with Gasteiger partial charge >= 0.3 is 0 Å². The average Bonchev–Trinajstić information content (AvgIpc) is 2.60. The van der Waals surface area contributed by atoms with Gasteiger partial charge in [0.1, 0.15) is 11.6 Å². The molecule has 0 fully saturated rings. The molecule has 0 amide bonds. The fourth-order valence-corrected chi connectivity index (χ4v) is 1.47. The number of aromatic amines is 1. The van der Waals surface area contributed by atoms with Crippen LogP contribution in [0.3, 0.4) is 0 Å². The van der Waals surface area contributed by atoms with E-state index in [0.717, 1.165) is 29.0 Å². The maximum atomic E-state index is 5.41. The molecule has 0 aliphatic rings. The number of nitrogens with zero attached hydrogens (tertiary/aromatic N) is 1. The number of fused-ring (bicyclic) bond motifs is 1. The average molecular weight is 227 g/mol. The summed E-state index contributed by atoms with van der Waals surface area (Å²) >= 11 is 0. The predicted molar refractivity (Wildman–Crippen MR) is 63.9 cm³/mol. The molecule has 1 aromatic heterocycles. The zero-order valence-electron chi connectivity index (χ0n) is 8.91. The van der Waals surface area contributed by atoms with Gasteiger partial charge in [-0.2, -0.15) is 0 Å². The molecule has 82 valence electrons. The van der Waals surface area contributed by atoms with E-state index >= 15 is 0 Å². The van der Waals surface area contributed by atoms with Gasteiger partial charge in [-0.25, -0.2) is 4.98 Å². The number of halogens is 1. The lowest BCUT2D eigenvalue weighted by Crippen LogP contribution is -1.90. The number of aromatic nitrogens is 2. The summed E-state index contributed by atoms with van der Waals surface area (Å²) in [6.07, 6.45) is 0.929. The molecule has 0 saturated heterocycles. The molecule has 0 saturated carbocycles. The predicted octanol–water partition coefficient (Wildman–Crippen LogP) is 2.95. The Morgan fingerprint density at radius 1 is 1.33 bits per heavy atom. The minimum Gasteiger partial charge on any atom is -0.494 e. The van der Waals surface area contributed by atoms with Crippen LogP contribution in [0.25, 0.3) is 11.0 Å². The van der Waals surface area contributed by atoms with Gasteiger partial charge in [0.15, 0.2) is 0 Å². The Hall–Kier alpha value is -1.22. The Morgan fingerprint density at radius 2 is 2.13 bits per heavy atom. The first kappa shape index (κ1) is 11.9. The van der Waals surface area contributed by atoms with Crippen LogP contribution < -0.4 is 4.74 Å². The molecule has 4 heteroatoms. The molecule has 1 heterocycles. The monoisotopic (exact) mass is 226 g/mol. The maximum absolute atomic E-state index is 5.41. The van der Waals surface area contributed by atoms with Crippen molar-refractivity contribution >= 4 is 23.4 Å². The zero-order valence-corrected chi connectivity index (χ0v) is 9.73. The lowest BCUT2D eigenvalue weighted by atomic mass is 10.3. The van der Waals surface area contributed by atoms with E-state index < -0.39 is 0 Å². The normalized spacial score (nSPS) is 10.0. The fraction of sp³-hybridized carbons (Fsp3) is 0.364. The van der Waals surface area contributed by atoms with Crippen LogP contribution in [0.5, 0.6) is 5.75 Å². The summed E-state index contributed by atoms with van der Waals surface area (Å²) in [7, 11) is 0. The first-order valence-electron chi connectivity index (χ1n) is 4.95. The Kier molecular flexibility index (Phi) is 3.97. The highest BCUT2D eigenvalue weighted by molar-refractivity contribution is 5.85. The van der Waals surface area contributed by atoms with E-state index in [0.29, 0.717) is 6.61 Å². The molecule has 0 unspecified atom stereocenters. The molecule has 0 aliphatic heterocycles. The molecule has 15 heavy (non-hydrogen) atoms. The van der Waals surface area contributed by atoms with E-state index in [-0.39, 0.29) is 12.4 Å². The molecular formula is C11H15ClN2O. The topological polar surface area (TPSA) is 37.9 Å². The summed E-state index contributed by atoms with van der Waals surface area (Å²) in [6.45, 7) is 4.76. The maximum Gasteiger partial charge on any atom is 0.121 e. The Bertz CT molecular complexity index is 439. The van der Waals surface area contributed by atoms with Crippen LogP contribution in [0.4, 0.5) is 0 Å². The van der Waals surface area contributed by atoms with E-state index in [1.54, 1.807) is 0 Å². The van der Waals surface area contributed by atoms with Crippen molar-refractivity contribution in [2.24, 2.45) is 0 Å². The Labute approximate surface area is 95.3 Å². The fourth-order valence-electron chi connectivity index (χ4n) is 1.47. The number of hydrogen-bond acceptors (Lipinski definition) is 2. The van der Waals surface area contributed by atoms with Crippen molar-refractivity contribution in [3.8, 4) is 5.75 Å². The van der Waals surface area contributed by atoms with Crippen molar-refractivity contribution in [2.45, 2.75) is 20.3 Å². The number of benzene rings is 1. The van der Waals surface area contributed by atoms with E-state index in [1.165, 1.54) is 0 Å². The van der Waals surface area contributed by atoms with Gasteiger partial charge < -0.3 is 9.72 Å². The highest BCUT2D eigenvalue weighted by Gasteiger charge is 2.01. The van der Waals surface area contributed by atoms with Gasteiger partial charge in [-0.05, 0) is 19.1 Å². The van der Waals surface area contributed by atoms with Crippen LogP contribution >= 0.6 is 12.4 Å². The third-order valence-electron chi connectivity index (χ3n) is 2.15. The van der Waals surface area contributed by atoms with Crippen molar-refractivity contribution in [1.82, 2.24) is 9.97 Å². The molecule has 0 radical (unpaired) electrons. The minimum atomic E-state index is 0. The Morgan fingerprint density at radius 3 is 2.80 bits per heavy atom. The van der Waals surface area contributed by atoms with Gasteiger partial charge in [0.25, 0.3) is 0 Å². The molecule has 0 aliphatic carbocycles. The number of ether oxygens (including phenoxy) is 1. The summed E-state index contributed by atoms with van der Waals surface area (Å²) in [5.41, 5.74) is 2.05. The summed E-state index contributed by atoms with van der Waals surface area (Å²) in [5, 5.41) is 0. The van der Waals surface area contributed by atoms with Crippen LogP contribution in [0.2, 0.25) is 0 Å². The van der Waals surface area contributed by atoms with Crippen LogP contribution in [0, 0.1) is 0 Å². The quantitative estimate of drug-likeness (QED) is 0.874. The largest absolute Gasteiger partial charge is 0.494 e. The van der Waals surface area contributed by atoms with Crippen LogP contribution in [0.15, 0.2) is 18.2 Å². The first-order chi connectivity index (χ1) is 6.83. The number of rotatable bonds is 3. The molecular weight excluding hydrogens is 212 g/mol.